The first kappa shape index (κ1) is 25.3. The molecule has 1 unspecified atom stereocenters. The SMILES string of the molecule is COCCCOc1cc2c(c3c1OC(C)(C)C3)-c1cc(=O)c(C(=O)O)cn1C(c1ccc(F)cc1Br)O2. The number of carboxylic acid groups (broad SMARTS) is 1. The third-order valence-electron chi connectivity index (χ3n) is 6.33. The van der Waals surface area contributed by atoms with Crippen LogP contribution in [0.25, 0.3) is 11.3 Å². The lowest BCUT2D eigenvalue weighted by Crippen LogP contribution is -2.28. The molecule has 0 fully saturated rings. The third kappa shape index (κ3) is 4.59. The van der Waals surface area contributed by atoms with E-state index in [1.807, 2.05) is 13.8 Å². The molecule has 0 radical (unpaired) electrons. The van der Waals surface area contributed by atoms with Crippen LogP contribution in [0.2, 0.25) is 0 Å². The number of rotatable bonds is 7. The van der Waals surface area contributed by atoms with E-state index in [0.29, 0.717) is 64.6 Å². The molecule has 0 amide bonds. The molecule has 2 aliphatic rings. The third-order valence-corrected chi connectivity index (χ3v) is 7.01. The van der Waals surface area contributed by atoms with Gasteiger partial charge in [-0.25, -0.2) is 9.18 Å². The van der Waals surface area contributed by atoms with Crippen LogP contribution in [-0.4, -0.2) is 41.6 Å². The Labute approximate surface area is 220 Å². The zero-order valence-corrected chi connectivity index (χ0v) is 22.1. The van der Waals surface area contributed by atoms with Gasteiger partial charge in [0.25, 0.3) is 0 Å². The van der Waals surface area contributed by atoms with Gasteiger partial charge in [0, 0.05) is 66.1 Å². The molecule has 10 heteroatoms. The molecule has 1 N–H and O–H groups in total. The Morgan fingerprint density at radius 2 is 2.05 bits per heavy atom. The molecule has 2 aromatic carbocycles. The van der Waals surface area contributed by atoms with E-state index in [1.165, 1.54) is 24.4 Å². The minimum atomic E-state index is -1.35. The number of methoxy groups -OCH3 is 1. The monoisotopic (exact) mass is 573 g/mol. The van der Waals surface area contributed by atoms with Gasteiger partial charge in [0.2, 0.25) is 6.23 Å². The zero-order valence-electron chi connectivity index (χ0n) is 20.5. The molecule has 0 spiro atoms. The highest BCUT2D eigenvalue weighted by atomic mass is 79.9. The van der Waals surface area contributed by atoms with E-state index in [9.17, 15) is 19.1 Å². The molecular weight excluding hydrogens is 549 g/mol. The highest BCUT2D eigenvalue weighted by molar-refractivity contribution is 9.10. The number of nitrogens with zero attached hydrogens (tertiary/aromatic N) is 1. The second-order valence-electron chi connectivity index (χ2n) is 9.57. The van der Waals surface area contributed by atoms with Crippen molar-refractivity contribution >= 4 is 21.9 Å². The molecule has 1 atom stereocenters. The van der Waals surface area contributed by atoms with Crippen LogP contribution < -0.4 is 19.6 Å². The van der Waals surface area contributed by atoms with E-state index in [1.54, 1.807) is 23.8 Å². The number of pyridine rings is 1. The number of hydrogen-bond donors (Lipinski definition) is 1. The van der Waals surface area contributed by atoms with Crippen molar-refractivity contribution in [3.8, 4) is 28.5 Å². The summed E-state index contributed by atoms with van der Waals surface area (Å²) >= 11 is 3.40. The Morgan fingerprint density at radius 1 is 1.27 bits per heavy atom. The number of carbonyl (C=O) groups is 1. The lowest BCUT2D eigenvalue weighted by Gasteiger charge is -2.33. The molecule has 3 heterocycles. The Kier molecular flexibility index (Phi) is 6.49. The molecular formula is C27H25BrFNO7. The van der Waals surface area contributed by atoms with Gasteiger partial charge in [-0.1, -0.05) is 15.9 Å². The van der Waals surface area contributed by atoms with Crippen LogP contribution in [0.1, 0.15) is 48.0 Å². The van der Waals surface area contributed by atoms with E-state index < -0.39 is 34.6 Å². The van der Waals surface area contributed by atoms with Crippen molar-refractivity contribution in [1.82, 2.24) is 4.57 Å². The largest absolute Gasteiger partial charge is 0.489 e. The summed E-state index contributed by atoms with van der Waals surface area (Å²) in [6.45, 7) is 4.85. The fourth-order valence-corrected chi connectivity index (χ4v) is 5.30. The number of aromatic carboxylic acids is 1. The van der Waals surface area contributed by atoms with Crippen LogP contribution in [0.4, 0.5) is 4.39 Å². The number of fused-ring (bicyclic) bond motifs is 5. The average Bonchev–Trinajstić information content (AvgIpc) is 3.15. The van der Waals surface area contributed by atoms with Crippen molar-refractivity contribution in [3.05, 3.63) is 73.7 Å². The summed E-state index contributed by atoms with van der Waals surface area (Å²) in [5.41, 5.74) is 0.894. The van der Waals surface area contributed by atoms with Gasteiger partial charge in [0.15, 0.2) is 16.9 Å². The quantitative estimate of drug-likeness (QED) is 0.389. The summed E-state index contributed by atoms with van der Waals surface area (Å²) in [7, 11) is 1.62. The lowest BCUT2D eigenvalue weighted by atomic mass is 9.93. The van der Waals surface area contributed by atoms with E-state index in [-0.39, 0.29) is 0 Å². The first-order chi connectivity index (χ1) is 17.6. The molecule has 5 rings (SSSR count). The van der Waals surface area contributed by atoms with Crippen molar-refractivity contribution in [2.45, 2.75) is 38.5 Å². The lowest BCUT2D eigenvalue weighted by molar-refractivity contribution is 0.0693. The molecule has 3 aromatic rings. The van der Waals surface area contributed by atoms with Gasteiger partial charge in [-0.3, -0.25) is 4.79 Å². The molecule has 2 aliphatic heterocycles. The van der Waals surface area contributed by atoms with Crippen LogP contribution in [0, 0.1) is 5.82 Å². The van der Waals surface area contributed by atoms with Crippen molar-refractivity contribution in [1.29, 1.82) is 0 Å². The number of halogens is 2. The molecule has 8 nitrogen and oxygen atoms in total. The Bertz CT molecular complexity index is 1470. The summed E-state index contributed by atoms with van der Waals surface area (Å²) in [5, 5.41) is 9.63. The van der Waals surface area contributed by atoms with Crippen LogP contribution in [0.3, 0.4) is 0 Å². The van der Waals surface area contributed by atoms with Crippen molar-refractivity contribution in [2.75, 3.05) is 20.3 Å². The molecule has 0 saturated heterocycles. The fourth-order valence-electron chi connectivity index (χ4n) is 4.75. The number of benzene rings is 2. The standard InChI is InChI=1S/C27H25BrFNO7/c1-27(2)12-16-23-19-10-20(31)17(26(32)33)13-30(19)25(15-6-5-14(29)9-18(15)28)36-21(23)11-22(24(16)37-27)35-8-4-7-34-3/h5-6,9-11,13,25H,4,7-8,12H2,1-3H3,(H,32,33). The Hall–Kier alpha value is -3.37. The molecule has 37 heavy (non-hydrogen) atoms. The summed E-state index contributed by atoms with van der Waals surface area (Å²) < 4.78 is 39.8. The van der Waals surface area contributed by atoms with E-state index in [2.05, 4.69) is 15.9 Å². The van der Waals surface area contributed by atoms with Gasteiger partial charge < -0.3 is 28.6 Å². The van der Waals surface area contributed by atoms with E-state index in [4.69, 9.17) is 18.9 Å². The summed E-state index contributed by atoms with van der Waals surface area (Å²) in [6, 6.07) is 7.19. The number of carboxylic acids is 1. The van der Waals surface area contributed by atoms with Gasteiger partial charge in [0.05, 0.1) is 12.3 Å². The first-order valence-corrected chi connectivity index (χ1v) is 12.5. The zero-order chi connectivity index (χ0) is 26.5. The predicted octanol–water partition coefficient (Wildman–Crippen LogP) is 5.18. The fraction of sp³-hybridized carbons (Fsp3) is 0.333. The molecule has 0 saturated carbocycles. The maximum absolute atomic E-state index is 13.9. The van der Waals surface area contributed by atoms with Crippen LogP contribution in [0.5, 0.6) is 17.2 Å². The van der Waals surface area contributed by atoms with Crippen molar-refractivity contribution < 1.29 is 33.2 Å². The van der Waals surface area contributed by atoms with Crippen LogP contribution in [0.15, 0.2) is 45.8 Å². The normalized spacial score (nSPS) is 16.7. The number of hydrogen-bond acceptors (Lipinski definition) is 6. The minimum absolute atomic E-state index is 0.397. The summed E-state index contributed by atoms with van der Waals surface area (Å²) in [4.78, 5) is 24.6. The molecule has 0 aliphatic carbocycles. The second kappa shape index (κ2) is 9.50. The summed E-state index contributed by atoms with van der Waals surface area (Å²) in [5.74, 6) is -0.275. The predicted molar refractivity (Wildman–Crippen MR) is 136 cm³/mol. The molecule has 194 valence electrons. The first-order valence-electron chi connectivity index (χ1n) is 11.7. The minimum Gasteiger partial charge on any atom is -0.489 e. The Morgan fingerprint density at radius 3 is 2.76 bits per heavy atom. The highest BCUT2D eigenvalue weighted by Crippen LogP contribution is 2.54. The van der Waals surface area contributed by atoms with Crippen LogP contribution >= 0.6 is 15.9 Å². The van der Waals surface area contributed by atoms with Gasteiger partial charge >= 0.3 is 5.97 Å². The Balaban J connectivity index is 1.73. The average molecular weight is 574 g/mol. The van der Waals surface area contributed by atoms with Gasteiger partial charge in [-0.15, -0.1) is 0 Å². The molecule has 1 aromatic heterocycles. The maximum atomic E-state index is 13.9. The van der Waals surface area contributed by atoms with Gasteiger partial charge in [-0.05, 0) is 32.0 Å². The number of aromatic nitrogens is 1. The van der Waals surface area contributed by atoms with E-state index in [0.717, 1.165) is 5.56 Å². The van der Waals surface area contributed by atoms with E-state index >= 15 is 0 Å². The second-order valence-corrected chi connectivity index (χ2v) is 10.4. The smallest absolute Gasteiger partial charge is 0.341 e. The maximum Gasteiger partial charge on any atom is 0.341 e. The van der Waals surface area contributed by atoms with Gasteiger partial charge in [-0.2, -0.15) is 0 Å². The highest BCUT2D eigenvalue weighted by Gasteiger charge is 2.40. The molecule has 0 bridgehead atoms. The number of ether oxygens (including phenoxy) is 4. The van der Waals surface area contributed by atoms with Gasteiger partial charge in [0.1, 0.15) is 22.7 Å². The van der Waals surface area contributed by atoms with Crippen molar-refractivity contribution in [2.24, 2.45) is 0 Å². The summed E-state index contributed by atoms with van der Waals surface area (Å²) in [6.07, 6.45) is 1.58. The topological polar surface area (TPSA) is 96.2 Å². The van der Waals surface area contributed by atoms with Crippen molar-refractivity contribution in [3.63, 3.8) is 0 Å². The van der Waals surface area contributed by atoms with Crippen LogP contribution in [-0.2, 0) is 11.2 Å².